The fourth-order valence-corrected chi connectivity index (χ4v) is 3.12. The highest BCUT2D eigenvalue weighted by atomic mass is 19.1. The molecule has 1 saturated carbocycles. The summed E-state index contributed by atoms with van der Waals surface area (Å²) in [6.45, 7) is -0.968. The number of hydrogen-bond donors (Lipinski definition) is 2. The van der Waals surface area contributed by atoms with Crippen LogP contribution in [0.25, 0.3) is 0 Å². The maximum absolute atomic E-state index is 13.5. The average Bonchev–Trinajstić information content (AvgIpc) is 3.36. The summed E-state index contributed by atoms with van der Waals surface area (Å²) in [4.78, 5) is 35.6. The highest BCUT2D eigenvalue weighted by Crippen LogP contribution is 2.31. The van der Waals surface area contributed by atoms with Crippen molar-refractivity contribution in [3.63, 3.8) is 0 Å². The number of halogens is 1. The Bertz CT molecular complexity index is 861. The van der Waals surface area contributed by atoms with E-state index in [1.807, 2.05) is 0 Å². The van der Waals surface area contributed by atoms with Crippen LogP contribution >= 0.6 is 0 Å². The van der Waals surface area contributed by atoms with E-state index in [4.69, 9.17) is 4.74 Å². The van der Waals surface area contributed by atoms with E-state index in [-0.39, 0.29) is 11.6 Å². The third-order valence-electron chi connectivity index (χ3n) is 4.48. The Morgan fingerprint density at radius 2 is 1.93 bits per heavy atom. The monoisotopic (exact) mass is 388 g/mol. The van der Waals surface area contributed by atoms with Crippen LogP contribution in [-0.2, 0) is 14.3 Å². The second kappa shape index (κ2) is 9.12. The molecule has 0 atom stereocenters. The number of nitrogens with zero attached hydrogens (tertiary/aromatic N) is 2. The van der Waals surface area contributed by atoms with Gasteiger partial charge in [-0.25, -0.2) is 9.07 Å². The Balaban J connectivity index is 1.42. The Labute approximate surface area is 161 Å². The normalized spacial score (nSPS) is 13.9. The number of benzene rings is 1. The Morgan fingerprint density at radius 3 is 2.68 bits per heavy atom. The molecule has 0 bridgehead atoms. The molecular weight excluding hydrogens is 367 g/mol. The van der Waals surface area contributed by atoms with Gasteiger partial charge in [0.25, 0.3) is 11.8 Å². The Kier molecular flexibility index (Phi) is 6.36. The summed E-state index contributed by atoms with van der Waals surface area (Å²) in [7, 11) is 0. The highest BCUT2D eigenvalue weighted by Gasteiger charge is 2.21. The van der Waals surface area contributed by atoms with Crippen LogP contribution in [0, 0.1) is 5.82 Å². The van der Waals surface area contributed by atoms with E-state index in [9.17, 15) is 18.8 Å². The quantitative estimate of drug-likeness (QED) is 0.707. The molecule has 3 rings (SSSR count). The van der Waals surface area contributed by atoms with E-state index >= 15 is 0 Å². The number of aromatic nitrogens is 2. The van der Waals surface area contributed by atoms with E-state index in [1.54, 1.807) is 16.9 Å². The molecule has 28 heavy (non-hydrogen) atoms. The summed E-state index contributed by atoms with van der Waals surface area (Å²) in [5.74, 6) is -2.18. The van der Waals surface area contributed by atoms with Crippen LogP contribution in [0.5, 0.6) is 0 Å². The molecule has 2 aromatic rings. The zero-order valence-corrected chi connectivity index (χ0v) is 15.2. The summed E-state index contributed by atoms with van der Waals surface area (Å²) < 4.78 is 20.1. The lowest BCUT2D eigenvalue weighted by atomic mass is 10.2. The second-order valence-electron chi connectivity index (χ2n) is 6.47. The molecular formula is C19H21FN4O4. The number of rotatable bonds is 7. The van der Waals surface area contributed by atoms with Gasteiger partial charge in [-0.15, -0.1) is 0 Å². The number of anilines is 1. The summed E-state index contributed by atoms with van der Waals surface area (Å²) in [5.41, 5.74) is -0.173. The minimum Gasteiger partial charge on any atom is -0.454 e. The third-order valence-corrected chi connectivity index (χ3v) is 4.48. The minimum atomic E-state index is -0.802. The molecule has 0 radical (unpaired) electrons. The highest BCUT2D eigenvalue weighted by molar-refractivity contribution is 5.96. The van der Waals surface area contributed by atoms with Crippen molar-refractivity contribution in [3.05, 3.63) is 47.9 Å². The Morgan fingerprint density at radius 1 is 1.18 bits per heavy atom. The smallest absolute Gasteiger partial charge is 0.325 e. The first-order valence-corrected chi connectivity index (χ1v) is 9.06. The first kappa shape index (κ1) is 19.5. The number of amides is 2. The van der Waals surface area contributed by atoms with Crippen LogP contribution < -0.4 is 10.6 Å². The van der Waals surface area contributed by atoms with Crippen LogP contribution in [0.3, 0.4) is 0 Å². The molecule has 148 valence electrons. The van der Waals surface area contributed by atoms with Gasteiger partial charge in [0.15, 0.2) is 6.61 Å². The lowest BCUT2D eigenvalue weighted by Crippen LogP contribution is -2.32. The molecule has 1 fully saturated rings. The number of ether oxygens (including phenoxy) is 1. The molecule has 2 N–H and O–H groups in total. The van der Waals surface area contributed by atoms with Gasteiger partial charge < -0.3 is 15.4 Å². The standard InChI is InChI=1S/C19H21FN4O4/c20-15-8-4-3-7-14(15)19(27)21-11-18(26)28-12-17(25)23-16-9-10-22-24(16)13-5-1-2-6-13/h3-4,7-10,13H,1-2,5-6,11-12H2,(H,21,27)(H,23,25). The van der Waals surface area contributed by atoms with Gasteiger partial charge in [-0.1, -0.05) is 25.0 Å². The SMILES string of the molecule is O=C(COC(=O)CNC(=O)c1ccccc1F)Nc1ccnn1C1CCCC1. The van der Waals surface area contributed by atoms with Crippen LogP contribution in [0.1, 0.15) is 42.1 Å². The van der Waals surface area contributed by atoms with Gasteiger partial charge in [-0.05, 0) is 25.0 Å². The molecule has 2 amide bonds. The van der Waals surface area contributed by atoms with Crippen LogP contribution in [0.4, 0.5) is 10.2 Å². The molecule has 1 heterocycles. The number of nitrogens with one attached hydrogen (secondary N) is 2. The maximum atomic E-state index is 13.5. The maximum Gasteiger partial charge on any atom is 0.325 e. The van der Waals surface area contributed by atoms with Crippen LogP contribution in [0.15, 0.2) is 36.5 Å². The average molecular weight is 388 g/mol. The predicted molar refractivity (Wildman–Crippen MR) is 98.1 cm³/mol. The molecule has 0 unspecified atom stereocenters. The summed E-state index contributed by atoms with van der Waals surface area (Å²) >= 11 is 0. The molecule has 1 aliphatic carbocycles. The van der Waals surface area contributed by atoms with Gasteiger partial charge in [0.1, 0.15) is 18.2 Å². The van der Waals surface area contributed by atoms with E-state index in [1.165, 1.54) is 18.2 Å². The van der Waals surface area contributed by atoms with E-state index in [0.29, 0.717) is 5.82 Å². The minimum absolute atomic E-state index is 0.173. The molecule has 1 aromatic heterocycles. The van der Waals surface area contributed by atoms with Crippen LogP contribution in [-0.4, -0.2) is 40.7 Å². The molecule has 0 spiro atoms. The second-order valence-corrected chi connectivity index (χ2v) is 6.47. The van der Waals surface area contributed by atoms with E-state index < -0.39 is 36.8 Å². The predicted octanol–water partition coefficient (Wildman–Crippen LogP) is 2.05. The zero-order valence-electron chi connectivity index (χ0n) is 15.2. The fraction of sp³-hybridized carbons (Fsp3) is 0.368. The molecule has 0 aliphatic heterocycles. The summed E-state index contributed by atoms with van der Waals surface area (Å²) in [6.07, 6.45) is 5.91. The lowest BCUT2D eigenvalue weighted by Gasteiger charge is -2.14. The summed E-state index contributed by atoms with van der Waals surface area (Å²) in [6, 6.07) is 7.37. The van der Waals surface area contributed by atoms with Crippen molar-refractivity contribution in [2.45, 2.75) is 31.7 Å². The first-order chi connectivity index (χ1) is 13.5. The van der Waals surface area contributed by atoms with Crippen LogP contribution in [0.2, 0.25) is 0 Å². The molecule has 0 saturated heterocycles. The topological polar surface area (TPSA) is 102 Å². The van der Waals surface area contributed by atoms with Crippen molar-refractivity contribution in [1.29, 1.82) is 0 Å². The van der Waals surface area contributed by atoms with Gasteiger partial charge in [-0.3, -0.25) is 14.4 Å². The molecule has 1 aromatic carbocycles. The molecule has 8 nitrogen and oxygen atoms in total. The van der Waals surface area contributed by atoms with Gasteiger partial charge in [0.05, 0.1) is 17.8 Å². The van der Waals surface area contributed by atoms with Gasteiger partial charge in [0, 0.05) is 6.07 Å². The van der Waals surface area contributed by atoms with Crippen molar-refractivity contribution < 1.29 is 23.5 Å². The van der Waals surface area contributed by atoms with Crippen molar-refractivity contribution in [3.8, 4) is 0 Å². The van der Waals surface area contributed by atoms with Crippen molar-refractivity contribution in [2.24, 2.45) is 0 Å². The molecule has 1 aliphatic rings. The van der Waals surface area contributed by atoms with Crippen molar-refractivity contribution in [1.82, 2.24) is 15.1 Å². The number of esters is 1. The van der Waals surface area contributed by atoms with Crippen molar-refractivity contribution in [2.75, 3.05) is 18.5 Å². The van der Waals surface area contributed by atoms with Crippen molar-refractivity contribution >= 4 is 23.6 Å². The third kappa shape index (κ3) is 4.93. The number of carbonyl (C=O) groups excluding carboxylic acids is 3. The lowest BCUT2D eigenvalue weighted by molar-refractivity contribution is -0.146. The fourth-order valence-electron chi connectivity index (χ4n) is 3.12. The Hall–Kier alpha value is -3.23. The van der Waals surface area contributed by atoms with Gasteiger partial charge in [-0.2, -0.15) is 5.10 Å². The van der Waals surface area contributed by atoms with Gasteiger partial charge >= 0.3 is 5.97 Å². The largest absolute Gasteiger partial charge is 0.454 e. The van der Waals surface area contributed by atoms with E-state index in [2.05, 4.69) is 15.7 Å². The van der Waals surface area contributed by atoms with E-state index in [0.717, 1.165) is 31.7 Å². The summed E-state index contributed by atoms with van der Waals surface area (Å²) in [5, 5.41) is 9.17. The number of hydrogen-bond acceptors (Lipinski definition) is 5. The molecule has 9 heteroatoms. The first-order valence-electron chi connectivity index (χ1n) is 9.06. The number of carbonyl (C=O) groups is 3. The zero-order chi connectivity index (χ0) is 19.9. The van der Waals surface area contributed by atoms with Gasteiger partial charge in [0.2, 0.25) is 0 Å².